The van der Waals surface area contributed by atoms with Crippen molar-refractivity contribution in [1.82, 2.24) is 5.32 Å². The molecule has 1 aliphatic carbocycles. The fourth-order valence-electron chi connectivity index (χ4n) is 1.57. The second kappa shape index (κ2) is 4.79. The van der Waals surface area contributed by atoms with Crippen LogP contribution in [-0.4, -0.2) is 11.9 Å². The second-order valence-electron chi connectivity index (χ2n) is 3.94. The van der Waals surface area contributed by atoms with Gasteiger partial charge in [-0.25, -0.2) is 4.79 Å². The molecule has 1 aliphatic rings. The molecule has 0 aromatic heterocycles. The number of carbonyl (C=O) groups excluding carboxylic acids is 2. The normalized spacial score (nSPS) is 15.0. The minimum atomic E-state index is -0.455. The molecule has 0 spiro atoms. The van der Waals surface area contributed by atoms with Crippen molar-refractivity contribution in [2.75, 3.05) is 5.32 Å². The average Bonchev–Trinajstić information content (AvgIpc) is 2.15. The highest BCUT2D eigenvalue weighted by Gasteiger charge is 2.26. The monoisotopic (exact) mass is 218 g/mol. The van der Waals surface area contributed by atoms with Gasteiger partial charge in [-0.1, -0.05) is 24.6 Å². The number of para-hydroxylation sites is 1. The molecule has 1 aromatic carbocycles. The highest BCUT2D eigenvalue weighted by atomic mass is 16.2. The van der Waals surface area contributed by atoms with Gasteiger partial charge in [-0.15, -0.1) is 0 Å². The Morgan fingerprint density at radius 2 is 1.81 bits per heavy atom. The van der Waals surface area contributed by atoms with Gasteiger partial charge in [0.2, 0.25) is 5.91 Å². The van der Waals surface area contributed by atoms with Crippen LogP contribution in [0.3, 0.4) is 0 Å². The van der Waals surface area contributed by atoms with Crippen LogP contribution in [0.2, 0.25) is 0 Å². The Morgan fingerprint density at radius 1 is 1.12 bits per heavy atom. The molecule has 1 saturated carbocycles. The van der Waals surface area contributed by atoms with Crippen LogP contribution in [0.15, 0.2) is 30.3 Å². The molecule has 0 bridgehead atoms. The third kappa shape index (κ3) is 2.59. The van der Waals surface area contributed by atoms with Crippen LogP contribution < -0.4 is 10.6 Å². The molecule has 3 amide bonds. The Hall–Kier alpha value is -1.84. The van der Waals surface area contributed by atoms with Crippen LogP contribution >= 0.6 is 0 Å². The van der Waals surface area contributed by atoms with Crippen LogP contribution in [-0.2, 0) is 4.79 Å². The molecular weight excluding hydrogens is 204 g/mol. The third-order valence-corrected chi connectivity index (χ3v) is 2.74. The molecular formula is C12H14N2O2. The Morgan fingerprint density at radius 3 is 2.38 bits per heavy atom. The molecule has 0 radical (unpaired) electrons. The maximum atomic E-state index is 11.5. The molecule has 4 heteroatoms. The first-order valence-electron chi connectivity index (χ1n) is 5.42. The number of anilines is 1. The minimum Gasteiger partial charge on any atom is -0.308 e. The minimum absolute atomic E-state index is 0.0292. The first-order valence-corrected chi connectivity index (χ1v) is 5.42. The molecule has 0 saturated heterocycles. The summed E-state index contributed by atoms with van der Waals surface area (Å²) >= 11 is 0. The van der Waals surface area contributed by atoms with Crippen molar-refractivity contribution in [3.8, 4) is 0 Å². The average molecular weight is 218 g/mol. The van der Waals surface area contributed by atoms with Crippen molar-refractivity contribution in [3.63, 3.8) is 0 Å². The van der Waals surface area contributed by atoms with E-state index in [0.29, 0.717) is 5.69 Å². The third-order valence-electron chi connectivity index (χ3n) is 2.74. The van der Waals surface area contributed by atoms with Crippen molar-refractivity contribution in [2.45, 2.75) is 19.3 Å². The number of urea groups is 1. The molecule has 16 heavy (non-hydrogen) atoms. The topological polar surface area (TPSA) is 58.2 Å². The molecule has 1 fully saturated rings. The molecule has 4 nitrogen and oxygen atoms in total. The molecule has 2 rings (SSSR count). The van der Waals surface area contributed by atoms with Crippen LogP contribution in [0.5, 0.6) is 0 Å². The fourth-order valence-corrected chi connectivity index (χ4v) is 1.57. The van der Waals surface area contributed by atoms with Crippen molar-refractivity contribution in [1.29, 1.82) is 0 Å². The standard InChI is InChI=1S/C12H14N2O2/c15-11(9-5-4-6-9)14-12(16)13-10-7-2-1-3-8-10/h1-3,7-9H,4-6H2,(H2,13,14,15,16). The largest absolute Gasteiger partial charge is 0.325 e. The highest BCUT2D eigenvalue weighted by Crippen LogP contribution is 2.26. The number of benzene rings is 1. The summed E-state index contributed by atoms with van der Waals surface area (Å²) in [6.45, 7) is 0. The predicted octanol–water partition coefficient (Wildman–Crippen LogP) is 2.13. The summed E-state index contributed by atoms with van der Waals surface area (Å²) in [5.74, 6) is -0.138. The van der Waals surface area contributed by atoms with E-state index in [2.05, 4.69) is 10.6 Å². The summed E-state index contributed by atoms with van der Waals surface area (Å²) in [5, 5.41) is 4.95. The zero-order chi connectivity index (χ0) is 11.4. The maximum absolute atomic E-state index is 11.5. The van der Waals surface area contributed by atoms with E-state index in [1.807, 2.05) is 18.2 Å². The second-order valence-corrected chi connectivity index (χ2v) is 3.94. The Balaban J connectivity index is 1.82. The molecule has 84 valence electrons. The van der Waals surface area contributed by atoms with Crippen LogP contribution in [0, 0.1) is 5.92 Å². The van der Waals surface area contributed by atoms with E-state index in [1.54, 1.807) is 12.1 Å². The van der Waals surface area contributed by atoms with Gasteiger partial charge >= 0.3 is 6.03 Å². The summed E-state index contributed by atoms with van der Waals surface area (Å²) in [7, 11) is 0. The zero-order valence-electron chi connectivity index (χ0n) is 8.90. The van der Waals surface area contributed by atoms with Gasteiger partial charge in [-0.2, -0.15) is 0 Å². The lowest BCUT2D eigenvalue weighted by molar-refractivity contribution is -0.126. The van der Waals surface area contributed by atoms with Crippen molar-refractivity contribution < 1.29 is 9.59 Å². The number of hydrogen-bond acceptors (Lipinski definition) is 2. The van der Waals surface area contributed by atoms with Gasteiger partial charge in [-0.3, -0.25) is 10.1 Å². The first kappa shape index (κ1) is 10.7. The number of imide groups is 1. The smallest absolute Gasteiger partial charge is 0.308 e. The summed E-state index contributed by atoms with van der Waals surface area (Å²) < 4.78 is 0. The lowest BCUT2D eigenvalue weighted by Crippen LogP contribution is -2.40. The van der Waals surface area contributed by atoms with E-state index in [4.69, 9.17) is 0 Å². The Bertz CT molecular complexity index is 385. The lowest BCUT2D eigenvalue weighted by atomic mass is 9.85. The molecule has 0 atom stereocenters. The summed E-state index contributed by atoms with van der Waals surface area (Å²) in [4.78, 5) is 22.9. The molecule has 2 N–H and O–H groups in total. The van der Waals surface area contributed by atoms with E-state index >= 15 is 0 Å². The van der Waals surface area contributed by atoms with Gasteiger partial charge in [0.15, 0.2) is 0 Å². The van der Waals surface area contributed by atoms with Crippen LogP contribution in [0.4, 0.5) is 10.5 Å². The predicted molar refractivity (Wildman–Crippen MR) is 60.9 cm³/mol. The quantitative estimate of drug-likeness (QED) is 0.799. The number of rotatable bonds is 2. The van der Waals surface area contributed by atoms with Gasteiger partial charge in [0.25, 0.3) is 0 Å². The number of amides is 3. The van der Waals surface area contributed by atoms with Crippen molar-refractivity contribution in [3.05, 3.63) is 30.3 Å². The van der Waals surface area contributed by atoms with Gasteiger partial charge in [0, 0.05) is 11.6 Å². The molecule has 0 heterocycles. The van der Waals surface area contributed by atoms with Crippen molar-refractivity contribution >= 4 is 17.6 Å². The number of nitrogens with one attached hydrogen (secondary N) is 2. The molecule has 0 unspecified atom stereocenters. The van der Waals surface area contributed by atoms with Gasteiger partial charge < -0.3 is 5.32 Å². The van der Waals surface area contributed by atoms with E-state index in [0.717, 1.165) is 19.3 Å². The van der Waals surface area contributed by atoms with Gasteiger partial charge in [0.05, 0.1) is 0 Å². The lowest BCUT2D eigenvalue weighted by Gasteiger charge is -2.23. The van der Waals surface area contributed by atoms with E-state index in [9.17, 15) is 9.59 Å². The van der Waals surface area contributed by atoms with Gasteiger partial charge in [-0.05, 0) is 25.0 Å². The molecule has 0 aliphatic heterocycles. The maximum Gasteiger partial charge on any atom is 0.325 e. The first-order chi connectivity index (χ1) is 7.75. The van der Waals surface area contributed by atoms with Crippen molar-refractivity contribution in [2.24, 2.45) is 5.92 Å². The summed E-state index contributed by atoms with van der Waals surface area (Å²) in [5.41, 5.74) is 0.682. The Kier molecular flexibility index (Phi) is 3.19. The van der Waals surface area contributed by atoms with Crippen LogP contribution in [0.1, 0.15) is 19.3 Å². The number of carbonyl (C=O) groups is 2. The SMILES string of the molecule is O=C(NC(=O)C1CCC1)Nc1ccccc1. The van der Waals surface area contributed by atoms with E-state index < -0.39 is 6.03 Å². The van der Waals surface area contributed by atoms with Gasteiger partial charge in [0.1, 0.15) is 0 Å². The fraction of sp³-hybridized carbons (Fsp3) is 0.333. The summed E-state index contributed by atoms with van der Waals surface area (Å²) in [6.07, 6.45) is 2.87. The van der Waals surface area contributed by atoms with Crippen LogP contribution in [0.25, 0.3) is 0 Å². The van der Waals surface area contributed by atoms with E-state index in [-0.39, 0.29) is 11.8 Å². The number of hydrogen-bond donors (Lipinski definition) is 2. The Labute approximate surface area is 94.0 Å². The molecule has 1 aromatic rings. The van der Waals surface area contributed by atoms with E-state index in [1.165, 1.54) is 0 Å². The summed E-state index contributed by atoms with van der Waals surface area (Å²) in [6, 6.07) is 8.60. The highest BCUT2D eigenvalue weighted by molar-refractivity contribution is 6.02. The zero-order valence-corrected chi connectivity index (χ0v) is 8.90.